The number of rotatable bonds is 27. The van der Waals surface area contributed by atoms with Gasteiger partial charge in [-0.15, -0.1) is 5.54 Å². The van der Waals surface area contributed by atoms with Gasteiger partial charge in [-0.3, -0.25) is 19.2 Å². The smallest absolute Gasteiger partial charge is 0.305 e. The van der Waals surface area contributed by atoms with Gasteiger partial charge < -0.3 is 47.9 Å². The number of nitrogens with zero attached hydrogens (tertiary/aromatic N) is 2. The summed E-state index contributed by atoms with van der Waals surface area (Å²) >= 11 is 0. The fourth-order valence-corrected chi connectivity index (χ4v) is 10.0. The van der Waals surface area contributed by atoms with Crippen LogP contribution in [0.2, 0.25) is 19.6 Å². The van der Waals surface area contributed by atoms with Gasteiger partial charge in [-0.05, 0) is 138 Å². The second kappa shape index (κ2) is 29.9. The van der Waals surface area contributed by atoms with E-state index in [9.17, 15) is 19.2 Å². The molecule has 16 nitrogen and oxygen atoms in total. The first-order valence-electron chi connectivity index (χ1n) is 28.9. The van der Waals surface area contributed by atoms with E-state index < -0.39 is 8.07 Å². The Hall–Kier alpha value is -8.88. The molecule has 0 radical (unpaired) electrons. The van der Waals surface area contributed by atoms with E-state index >= 15 is 0 Å². The number of nitrogens with one attached hydrogen (secondary N) is 2. The van der Waals surface area contributed by atoms with E-state index in [4.69, 9.17) is 47.9 Å². The van der Waals surface area contributed by atoms with E-state index in [1.165, 1.54) is 0 Å². The number of carbonyl (C=O) groups excluding carboxylic acids is 4. The quantitative estimate of drug-likeness (QED) is 0.0162. The minimum absolute atomic E-state index is 0.180. The molecule has 0 unspecified atom stereocenters. The molecule has 8 bridgehead atoms. The van der Waals surface area contributed by atoms with Crippen LogP contribution in [0.1, 0.15) is 107 Å². The number of carbonyl (C=O) groups is 4. The number of hydrogen-bond acceptors (Lipinski definition) is 14. The summed E-state index contributed by atoms with van der Waals surface area (Å²) in [5.41, 5.74) is 13.9. The minimum Gasteiger partial charge on any atom is -0.493 e. The Balaban J connectivity index is 1.41. The fourth-order valence-electron chi connectivity index (χ4n) is 9.53. The monoisotopic (exact) mass is 1150 g/mol. The van der Waals surface area contributed by atoms with Crippen LogP contribution in [0.5, 0.6) is 23.0 Å². The van der Waals surface area contributed by atoms with E-state index in [0.29, 0.717) is 105 Å². The van der Waals surface area contributed by atoms with Crippen molar-refractivity contribution in [2.24, 2.45) is 0 Å². The Kier molecular flexibility index (Phi) is 21.8. The molecule has 0 amide bonds. The van der Waals surface area contributed by atoms with Crippen molar-refractivity contribution in [2.45, 2.75) is 98.7 Å². The predicted octanol–water partition coefficient (Wildman–Crippen LogP) is 13.8. The molecular formula is C67H74N4O12Si. The minimum atomic E-state index is -1.88. The number of fused-ring (bicyclic) bond motifs is 8. The molecule has 6 aromatic rings. The summed E-state index contributed by atoms with van der Waals surface area (Å²) in [4.78, 5) is 68.2. The van der Waals surface area contributed by atoms with Gasteiger partial charge in [0.2, 0.25) is 0 Å². The Morgan fingerprint density at radius 3 is 1.15 bits per heavy atom. The molecule has 17 heteroatoms. The van der Waals surface area contributed by atoms with Gasteiger partial charge in [-0.2, -0.15) is 0 Å². The van der Waals surface area contributed by atoms with Crippen LogP contribution in [0.3, 0.4) is 0 Å². The molecule has 2 aliphatic heterocycles. The molecule has 84 heavy (non-hydrogen) atoms. The van der Waals surface area contributed by atoms with Crippen molar-refractivity contribution in [1.82, 2.24) is 19.9 Å². The van der Waals surface area contributed by atoms with Crippen molar-refractivity contribution >= 4 is 78.3 Å². The summed E-state index contributed by atoms with van der Waals surface area (Å²) in [6, 6.07) is 29.2. The van der Waals surface area contributed by atoms with Gasteiger partial charge in [0.15, 0.2) is 0 Å². The highest BCUT2D eigenvalue weighted by Gasteiger charge is 2.26. The summed E-state index contributed by atoms with van der Waals surface area (Å²) < 4.78 is 47.3. The zero-order valence-corrected chi connectivity index (χ0v) is 50.1. The van der Waals surface area contributed by atoms with E-state index in [2.05, 4.69) is 41.1 Å². The lowest BCUT2D eigenvalue weighted by atomic mass is 9.97. The van der Waals surface area contributed by atoms with Gasteiger partial charge in [-0.25, -0.2) is 9.97 Å². The van der Waals surface area contributed by atoms with Crippen LogP contribution in [0, 0.1) is 11.5 Å². The third-order valence-corrected chi connectivity index (χ3v) is 14.0. The Bertz CT molecular complexity index is 3350. The van der Waals surface area contributed by atoms with Gasteiger partial charge in [0, 0.05) is 75.6 Å². The van der Waals surface area contributed by atoms with Crippen LogP contribution in [0.25, 0.3) is 79.8 Å². The Labute approximate surface area is 491 Å². The van der Waals surface area contributed by atoms with Crippen LogP contribution in [0.15, 0.2) is 91.0 Å². The number of esters is 4. The number of H-pyrrole nitrogens is 2. The van der Waals surface area contributed by atoms with Crippen LogP contribution in [-0.4, -0.2) is 105 Å². The molecule has 3 aromatic heterocycles. The van der Waals surface area contributed by atoms with Crippen molar-refractivity contribution in [3.8, 4) is 67.8 Å². The highest BCUT2D eigenvalue weighted by atomic mass is 28.3. The number of benzene rings is 3. The van der Waals surface area contributed by atoms with Crippen LogP contribution in [0.4, 0.5) is 0 Å². The van der Waals surface area contributed by atoms with Gasteiger partial charge in [0.1, 0.15) is 31.1 Å². The first-order chi connectivity index (χ1) is 40.8. The topological polar surface area (TPSA) is 199 Å². The molecule has 0 spiro atoms. The van der Waals surface area contributed by atoms with E-state index in [0.717, 1.165) is 27.7 Å². The highest BCUT2D eigenvalue weighted by Crippen LogP contribution is 2.46. The molecule has 5 heterocycles. The van der Waals surface area contributed by atoms with Crippen molar-refractivity contribution in [3.05, 3.63) is 119 Å². The summed E-state index contributed by atoms with van der Waals surface area (Å²) in [7, 11) is -1.88. The average molecular weight is 1160 g/mol. The largest absolute Gasteiger partial charge is 0.493 e. The molecule has 0 fully saturated rings. The maximum absolute atomic E-state index is 12.4. The molecular weight excluding hydrogens is 1080 g/mol. The summed E-state index contributed by atoms with van der Waals surface area (Å²) in [5, 5.41) is 0. The second-order valence-corrected chi connectivity index (χ2v) is 25.4. The molecule has 0 saturated heterocycles. The highest BCUT2D eigenvalue weighted by molar-refractivity contribution is 6.83. The van der Waals surface area contributed by atoms with Gasteiger partial charge in [0.05, 0.1) is 86.8 Å². The van der Waals surface area contributed by atoms with Crippen molar-refractivity contribution in [2.75, 3.05) is 52.9 Å². The molecule has 0 saturated carbocycles. The number of hydrogen-bond donors (Lipinski definition) is 2. The number of ether oxygens (including phenoxy) is 8. The van der Waals surface area contributed by atoms with Crippen molar-refractivity contribution in [1.29, 1.82) is 0 Å². The lowest BCUT2D eigenvalue weighted by molar-refractivity contribution is -0.144. The third-order valence-electron chi connectivity index (χ3n) is 13.2. The number of aromatic nitrogens is 4. The predicted molar refractivity (Wildman–Crippen MR) is 331 cm³/mol. The molecule has 0 atom stereocenters. The maximum atomic E-state index is 12.4. The maximum Gasteiger partial charge on any atom is 0.305 e. The van der Waals surface area contributed by atoms with Gasteiger partial charge in [-0.1, -0.05) is 55.9 Å². The lowest BCUT2D eigenvalue weighted by Crippen LogP contribution is -2.16. The fraction of sp³-hybridized carbons (Fsp3) is 0.343. The molecule has 2 aliphatic rings. The molecule has 2 N–H and O–H groups in total. The SMILES string of the molecule is CCOC(=O)CCCOc1cccc(OCCCC(=O)OCC)c1-c1c2nc(c(-c3ccccc3C#C[Si](C)(C)C)c3nc(c(-c4c(OCCCC(=O)OCC)cccc4OCCCC(=O)OCC)c4ccc(cc5ccc1[nH]5)[nH]4)C=C3)C=C2. The molecule has 3 aromatic carbocycles. The first kappa shape index (κ1) is 61.2. The van der Waals surface area contributed by atoms with Crippen molar-refractivity contribution < 1.29 is 57.1 Å². The van der Waals surface area contributed by atoms with Gasteiger partial charge >= 0.3 is 23.9 Å². The summed E-state index contributed by atoms with van der Waals surface area (Å²) in [6.45, 7) is 15.7. The zero-order chi connectivity index (χ0) is 59.4. The Morgan fingerprint density at radius 1 is 0.440 bits per heavy atom. The van der Waals surface area contributed by atoms with E-state index in [-0.39, 0.29) is 102 Å². The number of aromatic amines is 2. The second-order valence-electron chi connectivity index (χ2n) is 20.7. The third kappa shape index (κ3) is 16.4. The standard InChI is InChI=1S/C67H74N4O12Si/c1-8-76-59(72)26-16-39-80-55-22-14-23-56(81-40-17-27-60(73)77-9-2)66(55)64-51-32-30-46(68-51)44-47-31-33-52(69-47)65(67-57(82-41-18-28-61(74)78-10-3)24-15-25-58(67)83-42-19-29-62(75)79-11-4)54-37-35-50(71-54)63(49-34-36-53(64)70-49)48-21-13-12-20-45(48)38-43-84(5,6)7/h12-15,20-25,30-37,44,68-69H,8-11,16-19,26-29,39-42H2,1-7H3. The molecule has 0 aliphatic carbocycles. The van der Waals surface area contributed by atoms with Crippen LogP contribution < -0.4 is 18.9 Å². The first-order valence-corrected chi connectivity index (χ1v) is 32.4. The van der Waals surface area contributed by atoms with E-state index in [1.807, 2.05) is 115 Å². The van der Waals surface area contributed by atoms with Crippen LogP contribution >= 0.6 is 0 Å². The normalized spacial score (nSPS) is 11.6. The Morgan fingerprint density at radius 2 is 0.798 bits per heavy atom. The van der Waals surface area contributed by atoms with E-state index in [1.54, 1.807) is 27.7 Å². The summed E-state index contributed by atoms with van der Waals surface area (Å²) in [5.74, 6) is 4.33. The molecule has 8 rings (SSSR count). The van der Waals surface area contributed by atoms with Crippen LogP contribution in [-0.2, 0) is 38.1 Å². The molecule has 438 valence electrons. The van der Waals surface area contributed by atoms with Crippen molar-refractivity contribution in [3.63, 3.8) is 0 Å². The average Bonchev–Trinajstić information content (AvgIpc) is 2.80. The van der Waals surface area contributed by atoms with Gasteiger partial charge in [0.25, 0.3) is 0 Å². The lowest BCUT2D eigenvalue weighted by Gasteiger charge is -2.18. The summed E-state index contributed by atoms with van der Waals surface area (Å²) in [6.07, 6.45) is 10.3. The zero-order valence-electron chi connectivity index (χ0n) is 49.1.